The average molecular weight is 418 g/mol. The highest BCUT2D eigenvalue weighted by atomic mass is 16.5. The first-order valence-electron chi connectivity index (χ1n) is 11.0. The molecule has 30 heavy (non-hydrogen) atoms. The second kappa shape index (κ2) is 11.8. The van der Waals surface area contributed by atoms with Gasteiger partial charge in [0.05, 0.1) is 13.2 Å². The quantitative estimate of drug-likeness (QED) is 0.487. The molecule has 1 unspecified atom stereocenters. The molecule has 2 saturated heterocycles. The smallest absolute Gasteiger partial charge is 0.222 e. The van der Waals surface area contributed by atoms with Crippen LogP contribution in [-0.2, 0) is 16.1 Å². The largest absolute Gasteiger partial charge is 0.492 e. The Morgan fingerprint density at radius 3 is 2.83 bits per heavy atom. The Morgan fingerprint density at radius 1 is 1.27 bits per heavy atom. The van der Waals surface area contributed by atoms with E-state index in [1.54, 1.807) is 7.05 Å². The summed E-state index contributed by atoms with van der Waals surface area (Å²) in [6.45, 7) is 9.18. The number of rotatable bonds is 8. The molecule has 0 bridgehead atoms. The highest BCUT2D eigenvalue weighted by Gasteiger charge is 2.25. The number of morpholine rings is 1. The molecule has 3 rings (SSSR count). The number of nitrogens with one attached hydrogen (secondary N) is 2. The number of guanidine groups is 1. The number of ether oxygens (including phenoxy) is 2. The fraction of sp³-hybridized carbons (Fsp3) is 0.636. The van der Waals surface area contributed by atoms with Gasteiger partial charge in [-0.1, -0.05) is 25.1 Å². The predicted octanol–water partition coefficient (Wildman–Crippen LogP) is 1.07. The molecular weight excluding hydrogens is 382 g/mol. The number of carbonyl (C=O) groups excluding carboxylic acids is 1. The highest BCUT2D eigenvalue weighted by molar-refractivity contribution is 5.80. The van der Waals surface area contributed by atoms with Crippen LogP contribution in [0.3, 0.4) is 0 Å². The molecule has 1 atom stereocenters. The van der Waals surface area contributed by atoms with Crippen LogP contribution in [-0.4, -0.2) is 87.3 Å². The molecule has 8 nitrogen and oxygen atoms in total. The molecule has 2 fully saturated rings. The zero-order chi connectivity index (χ0) is 21.2. The first-order chi connectivity index (χ1) is 14.7. The molecule has 0 aliphatic carbocycles. The second-order valence-electron chi connectivity index (χ2n) is 7.66. The first kappa shape index (κ1) is 22.4. The number of hydrogen-bond acceptors (Lipinski definition) is 5. The van der Waals surface area contributed by atoms with Gasteiger partial charge in [0.1, 0.15) is 12.4 Å². The third kappa shape index (κ3) is 6.60. The van der Waals surface area contributed by atoms with Gasteiger partial charge in [-0.2, -0.15) is 0 Å². The summed E-state index contributed by atoms with van der Waals surface area (Å²) in [5.41, 5.74) is 1.09. The van der Waals surface area contributed by atoms with E-state index in [2.05, 4.69) is 26.6 Å². The molecule has 166 valence electrons. The van der Waals surface area contributed by atoms with Crippen molar-refractivity contribution in [2.24, 2.45) is 4.99 Å². The van der Waals surface area contributed by atoms with Crippen molar-refractivity contribution in [2.45, 2.75) is 32.4 Å². The van der Waals surface area contributed by atoms with Crippen molar-refractivity contribution in [2.75, 3.05) is 59.6 Å². The van der Waals surface area contributed by atoms with Gasteiger partial charge in [0.2, 0.25) is 5.91 Å². The van der Waals surface area contributed by atoms with Crippen molar-refractivity contribution in [1.29, 1.82) is 0 Å². The van der Waals surface area contributed by atoms with E-state index >= 15 is 0 Å². The van der Waals surface area contributed by atoms with Crippen LogP contribution >= 0.6 is 0 Å². The summed E-state index contributed by atoms with van der Waals surface area (Å²) in [5, 5.41) is 6.82. The lowest BCUT2D eigenvalue weighted by molar-refractivity contribution is -0.129. The molecule has 0 radical (unpaired) electrons. The summed E-state index contributed by atoms with van der Waals surface area (Å²) >= 11 is 0. The number of para-hydroxylation sites is 1. The molecule has 0 saturated carbocycles. The lowest BCUT2D eigenvalue weighted by Gasteiger charge is -2.26. The Labute approximate surface area is 179 Å². The summed E-state index contributed by atoms with van der Waals surface area (Å²) in [5.74, 6) is 1.86. The van der Waals surface area contributed by atoms with Crippen LogP contribution in [0.2, 0.25) is 0 Å². The van der Waals surface area contributed by atoms with E-state index in [4.69, 9.17) is 9.47 Å². The lowest BCUT2D eigenvalue weighted by Crippen LogP contribution is -2.44. The Hall–Kier alpha value is -2.32. The van der Waals surface area contributed by atoms with Crippen molar-refractivity contribution < 1.29 is 14.3 Å². The van der Waals surface area contributed by atoms with Gasteiger partial charge < -0.3 is 25.0 Å². The van der Waals surface area contributed by atoms with E-state index < -0.39 is 0 Å². The SMILES string of the molecule is CCC(=O)N1CCC(NC(=NC)NCc2ccccc2OCCN2CCOCC2)C1. The minimum Gasteiger partial charge on any atom is -0.492 e. The number of aliphatic imine (C=N–C) groups is 1. The number of carbonyl (C=O) groups is 1. The lowest BCUT2D eigenvalue weighted by atomic mass is 10.2. The third-order valence-corrected chi connectivity index (χ3v) is 5.60. The maximum Gasteiger partial charge on any atom is 0.222 e. The number of nitrogens with zero attached hydrogens (tertiary/aromatic N) is 3. The Morgan fingerprint density at radius 2 is 2.07 bits per heavy atom. The van der Waals surface area contributed by atoms with Crippen molar-refractivity contribution in [1.82, 2.24) is 20.4 Å². The molecule has 2 heterocycles. The standard InChI is InChI=1S/C22H35N5O3/c1-3-21(28)27-9-8-19(17-27)25-22(23-2)24-16-18-6-4-5-7-20(18)30-15-12-26-10-13-29-14-11-26/h4-7,19H,3,8-17H2,1-2H3,(H2,23,24,25). The maximum absolute atomic E-state index is 11.9. The van der Waals surface area contributed by atoms with Crippen LogP contribution in [0.25, 0.3) is 0 Å². The predicted molar refractivity (Wildman–Crippen MR) is 118 cm³/mol. The zero-order valence-electron chi connectivity index (χ0n) is 18.2. The van der Waals surface area contributed by atoms with Gasteiger partial charge in [-0.25, -0.2) is 0 Å². The first-order valence-corrected chi connectivity index (χ1v) is 11.0. The topological polar surface area (TPSA) is 78.4 Å². The maximum atomic E-state index is 11.9. The van der Waals surface area contributed by atoms with Gasteiger partial charge in [-0.05, 0) is 12.5 Å². The van der Waals surface area contributed by atoms with Crippen LogP contribution < -0.4 is 15.4 Å². The second-order valence-corrected chi connectivity index (χ2v) is 7.66. The van der Waals surface area contributed by atoms with Gasteiger partial charge in [0.25, 0.3) is 0 Å². The third-order valence-electron chi connectivity index (χ3n) is 5.60. The zero-order valence-corrected chi connectivity index (χ0v) is 18.2. The van der Waals surface area contributed by atoms with Crippen LogP contribution in [0.1, 0.15) is 25.3 Å². The van der Waals surface area contributed by atoms with Crippen molar-refractivity contribution in [3.05, 3.63) is 29.8 Å². The monoisotopic (exact) mass is 417 g/mol. The molecule has 2 N–H and O–H groups in total. The number of likely N-dealkylation sites (tertiary alicyclic amines) is 1. The summed E-state index contributed by atoms with van der Waals surface area (Å²) in [7, 11) is 1.77. The average Bonchev–Trinajstić information content (AvgIpc) is 3.26. The van der Waals surface area contributed by atoms with Crippen molar-refractivity contribution >= 4 is 11.9 Å². The fourth-order valence-corrected chi connectivity index (χ4v) is 3.80. The van der Waals surface area contributed by atoms with E-state index in [1.807, 2.05) is 30.0 Å². The van der Waals surface area contributed by atoms with E-state index in [-0.39, 0.29) is 11.9 Å². The van der Waals surface area contributed by atoms with Gasteiger partial charge >= 0.3 is 0 Å². The molecule has 1 aromatic carbocycles. The van der Waals surface area contributed by atoms with Gasteiger partial charge in [-0.15, -0.1) is 0 Å². The minimum absolute atomic E-state index is 0.213. The normalized spacial score (nSPS) is 20.3. The molecular formula is C22H35N5O3. The molecule has 1 amide bonds. The summed E-state index contributed by atoms with van der Waals surface area (Å²) in [4.78, 5) is 20.5. The molecule has 2 aliphatic rings. The van der Waals surface area contributed by atoms with Crippen LogP contribution in [0, 0.1) is 0 Å². The van der Waals surface area contributed by atoms with Crippen molar-refractivity contribution in [3.63, 3.8) is 0 Å². The van der Waals surface area contributed by atoms with Crippen molar-refractivity contribution in [3.8, 4) is 5.75 Å². The van der Waals surface area contributed by atoms with E-state index in [1.165, 1.54) is 0 Å². The molecule has 2 aliphatic heterocycles. The Balaban J connectivity index is 1.45. The summed E-state index contributed by atoms with van der Waals surface area (Å²) < 4.78 is 11.5. The Bertz CT molecular complexity index is 706. The van der Waals surface area contributed by atoms with E-state index in [0.29, 0.717) is 19.6 Å². The molecule has 0 aromatic heterocycles. The number of amides is 1. The van der Waals surface area contributed by atoms with Crippen LogP contribution in [0.4, 0.5) is 0 Å². The summed E-state index contributed by atoms with van der Waals surface area (Å²) in [6.07, 6.45) is 1.50. The molecule has 8 heteroatoms. The van der Waals surface area contributed by atoms with Gasteiger partial charge in [-0.3, -0.25) is 14.7 Å². The van der Waals surface area contributed by atoms with E-state index in [9.17, 15) is 4.79 Å². The minimum atomic E-state index is 0.213. The van der Waals surface area contributed by atoms with E-state index in [0.717, 1.165) is 69.6 Å². The van der Waals surface area contributed by atoms with Gasteiger partial charge in [0.15, 0.2) is 5.96 Å². The Kier molecular flexibility index (Phi) is 8.77. The summed E-state index contributed by atoms with van der Waals surface area (Å²) in [6, 6.07) is 8.33. The van der Waals surface area contributed by atoms with Gasteiger partial charge in [0, 0.05) is 64.3 Å². The van der Waals surface area contributed by atoms with Crippen LogP contribution in [0.5, 0.6) is 5.75 Å². The van der Waals surface area contributed by atoms with Crippen LogP contribution in [0.15, 0.2) is 29.3 Å². The number of benzene rings is 1. The highest BCUT2D eigenvalue weighted by Crippen LogP contribution is 2.18. The molecule has 0 spiro atoms. The number of hydrogen-bond donors (Lipinski definition) is 2. The molecule has 1 aromatic rings. The fourth-order valence-electron chi connectivity index (χ4n) is 3.80.